The number of aromatic amines is 1. The Hall–Kier alpha value is -0.870. The van der Waals surface area contributed by atoms with E-state index in [1.165, 1.54) is 17.7 Å². The highest BCUT2D eigenvalue weighted by molar-refractivity contribution is 5.23. The summed E-state index contributed by atoms with van der Waals surface area (Å²) in [5, 5.41) is 14.2. The average Bonchev–Trinajstić information content (AvgIpc) is 2.57. The molecule has 4 heteroatoms. The molecule has 1 rings (SSSR count). The van der Waals surface area contributed by atoms with Gasteiger partial charge in [-0.25, -0.2) is 0 Å². The lowest BCUT2D eigenvalue weighted by Crippen LogP contribution is -2.37. The second-order valence-electron chi connectivity index (χ2n) is 5.94. The van der Waals surface area contributed by atoms with E-state index in [-0.39, 0.29) is 5.54 Å². The first-order valence-electron chi connectivity index (χ1n) is 6.86. The number of nitrogens with one attached hydrogen (secondary N) is 3. The van der Waals surface area contributed by atoms with Gasteiger partial charge in [-0.15, -0.1) is 0 Å². The van der Waals surface area contributed by atoms with Gasteiger partial charge >= 0.3 is 0 Å². The molecule has 4 nitrogen and oxygen atoms in total. The van der Waals surface area contributed by atoms with Crippen LogP contribution in [0, 0.1) is 13.8 Å². The van der Waals surface area contributed by atoms with E-state index >= 15 is 0 Å². The number of aromatic nitrogens is 2. The molecule has 0 aliphatic rings. The van der Waals surface area contributed by atoms with Crippen LogP contribution in [0.15, 0.2) is 0 Å². The molecule has 0 aliphatic heterocycles. The molecule has 1 aromatic rings. The number of nitrogens with zero attached hydrogens (tertiary/aromatic N) is 1. The molecule has 0 aliphatic carbocycles. The number of H-pyrrole nitrogens is 1. The monoisotopic (exact) mass is 252 g/mol. The Morgan fingerprint density at radius 2 is 1.83 bits per heavy atom. The van der Waals surface area contributed by atoms with Crippen molar-refractivity contribution >= 4 is 0 Å². The molecule has 0 fully saturated rings. The van der Waals surface area contributed by atoms with Crippen LogP contribution in [-0.2, 0) is 6.42 Å². The highest BCUT2D eigenvalue weighted by Gasteiger charge is 2.07. The van der Waals surface area contributed by atoms with Gasteiger partial charge in [0.1, 0.15) is 0 Å². The van der Waals surface area contributed by atoms with E-state index in [9.17, 15) is 0 Å². The summed E-state index contributed by atoms with van der Waals surface area (Å²) in [4.78, 5) is 0. The maximum Gasteiger partial charge on any atom is 0.0626 e. The van der Waals surface area contributed by atoms with Crippen LogP contribution in [0.4, 0.5) is 0 Å². The molecule has 0 radical (unpaired) electrons. The minimum absolute atomic E-state index is 0.227. The van der Waals surface area contributed by atoms with Gasteiger partial charge < -0.3 is 10.6 Å². The first kappa shape index (κ1) is 15.2. The van der Waals surface area contributed by atoms with Gasteiger partial charge in [0.05, 0.1) is 5.69 Å². The SMILES string of the molecule is Cc1n[nH]c(C)c1CCNCCCNC(C)(C)C. The maximum atomic E-state index is 4.21. The van der Waals surface area contributed by atoms with E-state index in [1.54, 1.807) is 0 Å². The zero-order valence-electron chi connectivity index (χ0n) is 12.5. The predicted molar refractivity (Wildman–Crippen MR) is 77.0 cm³/mol. The van der Waals surface area contributed by atoms with Crippen molar-refractivity contribution in [2.45, 2.75) is 53.0 Å². The van der Waals surface area contributed by atoms with Crippen molar-refractivity contribution in [3.8, 4) is 0 Å². The van der Waals surface area contributed by atoms with Gasteiger partial charge in [0.2, 0.25) is 0 Å². The standard InChI is InChI=1S/C14H28N4/c1-11-13(12(2)18-17-11)7-10-15-8-6-9-16-14(3,4)5/h15-16H,6-10H2,1-5H3,(H,17,18). The van der Waals surface area contributed by atoms with E-state index in [0.717, 1.165) is 31.7 Å². The zero-order chi connectivity index (χ0) is 13.6. The number of hydrogen-bond acceptors (Lipinski definition) is 3. The van der Waals surface area contributed by atoms with Crippen molar-refractivity contribution in [3.05, 3.63) is 17.0 Å². The minimum atomic E-state index is 0.227. The highest BCUT2D eigenvalue weighted by Crippen LogP contribution is 2.08. The molecule has 0 unspecified atom stereocenters. The van der Waals surface area contributed by atoms with E-state index < -0.39 is 0 Å². The second-order valence-corrected chi connectivity index (χ2v) is 5.94. The molecular formula is C14H28N4. The molecular weight excluding hydrogens is 224 g/mol. The topological polar surface area (TPSA) is 52.7 Å². The number of aryl methyl sites for hydroxylation is 2. The predicted octanol–water partition coefficient (Wildman–Crippen LogP) is 1.94. The first-order valence-corrected chi connectivity index (χ1v) is 6.86. The lowest BCUT2D eigenvalue weighted by molar-refractivity contribution is 0.419. The van der Waals surface area contributed by atoms with Crippen LogP contribution in [0.25, 0.3) is 0 Å². The van der Waals surface area contributed by atoms with Crippen molar-refractivity contribution in [2.24, 2.45) is 0 Å². The summed E-state index contributed by atoms with van der Waals surface area (Å²) in [5.74, 6) is 0. The molecule has 18 heavy (non-hydrogen) atoms. The van der Waals surface area contributed by atoms with Crippen LogP contribution in [0.1, 0.15) is 44.1 Å². The zero-order valence-corrected chi connectivity index (χ0v) is 12.5. The van der Waals surface area contributed by atoms with Crippen LogP contribution >= 0.6 is 0 Å². The Kier molecular flexibility index (Phi) is 5.82. The van der Waals surface area contributed by atoms with Crippen LogP contribution in [-0.4, -0.2) is 35.4 Å². The molecule has 0 atom stereocenters. The third-order valence-electron chi connectivity index (χ3n) is 3.02. The summed E-state index contributed by atoms with van der Waals surface area (Å²) >= 11 is 0. The quantitative estimate of drug-likeness (QED) is 0.650. The lowest BCUT2D eigenvalue weighted by atomic mass is 10.1. The smallest absolute Gasteiger partial charge is 0.0626 e. The Labute approximate surface area is 111 Å². The normalized spacial score (nSPS) is 12.1. The lowest BCUT2D eigenvalue weighted by Gasteiger charge is -2.20. The van der Waals surface area contributed by atoms with Crippen molar-refractivity contribution < 1.29 is 0 Å². The van der Waals surface area contributed by atoms with Gasteiger partial charge in [0.25, 0.3) is 0 Å². The Bertz CT molecular complexity index is 330. The fourth-order valence-corrected chi connectivity index (χ4v) is 1.96. The van der Waals surface area contributed by atoms with Gasteiger partial charge in [0.15, 0.2) is 0 Å². The molecule has 1 heterocycles. The minimum Gasteiger partial charge on any atom is -0.316 e. The molecule has 0 spiro atoms. The van der Waals surface area contributed by atoms with Crippen molar-refractivity contribution in [1.82, 2.24) is 20.8 Å². The molecule has 3 N–H and O–H groups in total. The summed E-state index contributed by atoms with van der Waals surface area (Å²) in [6, 6.07) is 0. The first-order chi connectivity index (χ1) is 8.40. The number of hydrogen-bond donors (Lipinski definition) is 3. The van der Waals surface area contributed by atoms with E-state index in [1.807, 2.05) is 0 Å². The maximum absolute atomic E-state index is 4.21. The van der Waals surface area contributed by atoms with Gasteiger partial charge in [-0.2, -0.15) is 5.10 Å². The van der Waals surface area contributed by atoms with Gasteiger partial charge in [-0.1, -0.05) is 0 Å². The molecule has 0 saturated carbocycles. The van der Waals surface area contributed by atoms with Gasteiger partial charge in [0, 0.05) is 11.2 Å². The summed E-state index contributed by atoms with van der Waals surface area (Å²) < 4.78 is 0. The highest BCUT2D eigenvalue weighted by atomic mass is 15.1. The Morgan fingerprint density at radius 3 is 2.39 bits per heavy atom. The Balaban J connectivity index is 2.06. The average molecular weight is 252 g/mol. The molecule has 0 aromatic carbocycles. The van der Waals surface area contributed by atoms with Gasteiger partial charge in [-0.3, -0.25) is 5.10 Å². The molecule has 0 saturated heterocycles. The molecule has 0 bridgehead atoms. The summed E-state index contributed by atoms with van der Waals surface area (Å²) in [6.07, 6.45) is 2.22. The summed E-state index contributed by atoms with van der Waals surface area (Å²) in [6.45, 7) is 13.9. The summed E-state index contributed by atoms with van der Waals surface area (Å²) in [7, 11) is 0. The van der Waals surface area contributed by atoms with Crippen molar-refractivity contribution in [2.75, 3.05) is 19.6 Å². The fraction of sp³-hybridized carbons (Fsp3) is 0.786. The van der Waals surface area contributed by atoms with Gasteiger partial charge in [-0.05, 0) is 72.7 Å². The van der Waals surface area contributed by atoms with Crippen molar-refractivity contribution in [3.63, 3.8) is 0 Å². The van der Waals surface area contributed by atoms with Crippen LogP contribution in [0.3, 0.4) is 0 Å². The second kappa shape index (κ2) is 6.90. The molecule has 1 aromatic heterocycles. The van der Waals surface area contributed by atoms with Crippen LogP contribution in [0.5, 0.6) is 0 Å². The fourth-order valence-electron chi connectivity index (χ4n) is 1.96. The van der Waals surface area contributed by atoms with E-state index in [4.69, 9.17) is 0 Å². The third kappa shape index (κ3) is 5.65. The Morgan fingerprint density at radius 1 is 1.11 bits per heavy atom. The molecule has 0 amide bonds. The van der Waals surface area contributed by atoms with Crippen LogP contribution in [0.2, 0.25) is 0 Å². The van der Waals surface area contributed by atoms with Crippen LogP contribution < -0.4 is 10.6 Å². The third-order valence-corrected chi connectivity index (χ3v) is 3.02. The van der Waals surface area contributed by atoms with Crippen molar-refractivity contribution in [1.29, 1.82) is 0 Å². The largest absolute Gasteiger partial charge is 0.316 e. The summed E-state index contributed by atoms with van der Waals surface area (Å²) in [5.41, 5.74) is 3.91. The van der Waals surface area contributed by atoms with E-state index in [2.05, 4.69) is 55.4 Å². The molecule has 104 valence electrons. The van der Waals surface area contributed by atoms with E-state index in [0.29, 0.717) is 0 Å². The number of rotatable bonds is 7.